The van der Waals surface area contributed by atoms with Crippen LogP contribution in [0.15, 0.2) is 41.4 Å². The molecule has 160 valence electrons. The quantitative estimate of drug-likeness (QED) is 0.719. The number of aliphatic imine (C=N–C) groups is 1. The van der Waals surface area contributed by atoms with E-state index in [1.807, 2.05) is 0 Å². The number of carbonyl (C=O) groups excluding carboxylic acids is 1. The van der Waals surface area contributed by atoms with Gasteiger partial charge in [-0.1, -0.05) is 12.1 Å². The number of guanidine groups is 1. The van der Waals surface area contributed by atoms with Gasteiger partial charge in [0.15, 0.2) is 11.5 Å². The minimum Gasteiger partial charge on any atom is -0.435 e. The second kappa shape index (κ2) is 7.85. The molecule has 0 saturated carbocycles. The Morgan fingerprint density at radius 2 is 1.37 bits per heavy atom. The Morgan fingerprint density at radius 3 is 1.67 bits per heavy atom. The first-order valence-electron chi connectivity index (χ1n) is 8.81. The summed E-state index contributed by atoms with van der Waals surface area (Å²) >= 11 is 0. The minimum absolute atomic E-state index is 0.0449. The first-order chi connectivity index (χ1) is 14.1. The molecule has 0 fully saturated rings. The van der Waals surface area contributed by atoms with Crippen molar-refractivity contribution in [2.45, 2.75) is 32.6 Å². The summed E-state index contributed by atoms with van der Waals surface area (Å²) in [5.41, 5.74) is 5.73. The van der Waals surface area contributed by atoms with Gasteiger partial charge in [0.25, 0.3) is 5.91 Å². The maximum atomic E-state index is 13.2. The van der Waals surface area contributed by atoms with Crippen LogP contribution in [0.1, 0.15) is 22.3 Å². The smallest absolute Gasteiger partial charge is 0.387 e. The number of alkyl halides is 4. The third kappa shape index (κ3) is 3.64. The number of nitrogens with two attached hydrogens (primary N) is 1. The van der Waals surface area contributed by atoms with E-state index in [1.165, 1.54) is 43.4 Å². The molecule has 2 aromatic carbocycles. The molecule has 2 N–H and O–H groups in total. The van der Waals surface area contributed by atoms with Gasteiger partial charge in [-0.15, -0.1) is 0 Å². The number of hydrogen-bond donors (Lipinski definition) is 1. The molecule has 30 heavy (non-hydrogen) atoms. The number of amides is 1. The topological polar surface area (TPSA) is 77.2 Å². The van der Waals surface area contributed by atoms with E-state index in [0.717, 1.165) is 4.90 Å². The zero-order valence-corrected chi connectivity index (χ0v) is 16.3. The number of halogens is 4. The Hall–Kier alpha value is -3.30. The van der Waals surface area contributed by atoms with Crippen LogP contribution >= 0.6 is 0 Å². The van der Waals surface area contributed by atoms with Gasteiger partial charge in [0.05, 0.1) is 0 Å². The lowest BCUT2D eigenvalue weighted by Crippen LogP contribution is -2.41. The molecule has 0 spiro atoms. The zero-order valence-electron chi connectivity index (χ0n) is 16.3. The van der Waals surface area contributed by atoms with E-state index >= 15 is 0 Å². The second-order valence-corrected chi connectivity index (χ2v) is 6.76. The molecule has 0 bridgehead atoms. The largest absolute Gasteiger partial charge is 0.435 e. The predicted molar refractivity (Wildman–Crippen MR) is 101 cm³/mol. The molecule has 1 aliphatic heterocycles. The molecule has 6 nitrogen and oxygen atoms in total. The van der Waals surface area contributed by atoms with Crippen molar-refractivity contribution in [2.75, 3.05) is 7.05 Å². The van der Waals surface area contributed by atoms with E-state index in [1.54, 1.807) is 13.8 Å². The highest BCUT2D eigenvalue weighted by Crippen LogP contribution is 2.42. The fraction of sp³-hybridized carbons (Fsp3) is 0.300. The molecule has 1 aliphatic rings. The van der Waals surface area contributed by atoms with Gasteiger partial charge in [0, 0.05) is 7.05 Å². The van der Waals surface area contributed by atoms with Gasteiger partial charge in [-0.2, -0.15) is 17.6 Å². The van der Waals surface area contributed by atoms with Crippen LogP contribution in [0.3, 0.4) is 0 Å². The highest BCUT2D eigenvalue weighted by atomic mass is 19.3. The average molecular weight is 425 g/mol. The Labute approximate surface area is 169 Å². The fourth-order valence-electron chi connectivity index (χ4n) is 3.39. The lowest BCUT2D eigenvalue weighted by molar-refractivity contribution is -0.129. The Kier molecular flexibility index (Phi) is 5.60. The summed E-state index contributed by atoms with van der Waals surface area (Å²) < 4.78 is 59.3. The zero-order chi connectivity index (χ0) is 22.2. The van der Waals surface area contributed by atoms with Gasteiger partial charge in [0.2, 0.25) is 0 Å². The fourth-order valence-corrected chi connectivity index (χ4v) is 3.39. The van der Waals surface area contributed by atoms with E-state index in [9.17, 15) is 22.4 Å². The molecule has 3 rings (SSSR count). The third-order valence-corrected chi connectivity index (χ3v) is 4.86. The lowest BCUT2D eigenvalue weighted by Gasteiger charge is -2.27. The number of likely N-dealkylation sites (N-methyl/N-ethyl adjacent to an activating group) is 1. The molecule has 0 saturated heterocycles. The van der Waals surface area contributed by atoms with Crippen LogP contribution in [0.5, 0.6) is 11.5 Å². The molecular weight excluding hydrogens is 406 g/mol. The predicted octanol–water partition coefficient (Wildman–Crippen LogP) is 3.54. The standard InChI is InChI=1S/C20H19F4N3O3/c1-10-8-12(4-6-14(10)29-17(21)22)20(16(28)27(3)19(25)26-20)13-5-7-15(11(2)9-13)30-18(23)24/h4-9,17-18H,1-3H3,(H2,25,26). The summed E-state index contributed by atoms with van der Waals surface area (Å²) in [5.74, 6) is -0.618. The van der Waals surface area contributed by atoms with Gasteiger partial charge in [-0.05, 0) is 60.4 Å². The van der Waals surface area contributed by atoms with E-state index in [0.29, 0.717) is 22.3 Å². The van der Waals surface area contributed by atoms with E-state index in [-0.39, 0.29) is 17.5 Å². The van der Waals surface area contributed by atoms with Crippen LogP contribution in [-0.2, 0) is 10.3 Å². The van der Waals surface area contributed by atoms with Crippen molar-refractivity contribution in [1.29, 1.82) is 0 Å². The van der Waals surface area contributed by atoms with Crippen LogP contribution in [-0.4, -0.2) is 37.0 Å². The van der Waals surface area contributed by atoms with Crippen molar-refractivity contribution in [3.05, 3.63) is 58.7 Å². The first-order valence-corrected chi connectivity index (χ1v) is 8.81. The maximum absolute atomic E-state index is 13.2. The summed E-state index contributed by atoms with van der Waals surface area (Å²) in [4.78, 5) is 18.8. The minimum atomic E-state index is -3.00. The third-order valence-electron chi connectivity index (χ3n) is 4.86. The molecule has 0 aromatic heterocycles. The van der Waals surface area contributed by atoms with Crippen molar-refractivity contribution in [3.8, 4) is 11.5 Å². The maximum Gasteiger partial charge on any atom is 0.387 e. The number of ether oxygens (including phenoxy) is 2. The van der Waals surface area contributed by atoms with Crippen LogP contribution < -0.4 is 15.2 Å². The van der Waals surface area contributed by atoms with Crippen LogP contribution in [0.2, 0.25) is 0 Å². The molecule has 10 heteroatoms. The van der Waals surface area contributed by atoms with E-state index < -0.39 is 24.7 Å². The van der Waals surface area contributed by atoms with Gasteiger partial charge in [-0.25, -0.2) is 4.99 Å². The first kappa shape index (κ1) is 21.4. The number of rotatable bonds is 6. The molecule has 0 atom stereocenters. The Morgan fingerprint density at radius 1 is 0.933 bits per heavy atom. The Bertz CT molecular complexity index is 951. The van der Waals surface area contributed by atoms with Crippen LogP contribution in [0.4, 0.5) is 17.6 Å². The summed E-state index contributed by atoms with van der Waals surface area (Å²) in [7, 11) is 1.45. The highest BCUT2D eigenvalue weighted by Gasteiger charge is 2.49. The summed E-state index contributed by atoms with van der Waals surface area (Å²) in [6.07, 6.45) is 0. The molecule has 0 unspecified atom stereocenters. The van der Waals surface area contributed by atoms with Crippen molar-refractivity contribution in [1.82, 2.24) is 4.90 Å². The van der Waals surface area contributed by atoms with Gasteiger partial charge >= 0.3 is 13.2 Å². The normalized spacial score (nSPS) is 15.7. The molecule has 1 amide bonds. The van der Waals surface area contributed by atoms with Crippen molar-refractivity contribution >= 4 is 11.9 Å². The second-order valence-electron chi connectivity index (χ2n) is 6.76. The number of aryl methyl sites for hydroxylation is 2. The van der Waals surface area contributed by atoms with Crippen LogP contribution in [0, 0.1) is 13.8 Å². The summed E-state index contributed by atoms with van der Waals surface area (Å²) in [6.45, 7) is -2.89. The van der Waals surface area contributed by atoms with Gasteiger partial charge in [-0.3, -0.25) is 9.69 Å². The lowest BCUT2D eigenvalue weighted by atomic mass is 9.81. The monoisotopic (exact) mass is 425 g/mol. The number of benzene rings is 2. The van der Waals surface area contributed by atoms with Gasteiger partial charge < -0.3 is 15.2 Å². The van der Waals surface area contributed by atoms with Crippen molar-refractivity contribution in [2.24, 2.45) is 10.7 Å². The van der Waals surface area contributed by atoms with Crippen LogP contribution in [0.25, 0.3) is 0 Å². The Balaban J connectivity index is 2.17. The van der Waals surface area contributed by atoms with E-state index in [4.69, 9.17) is 5.73 Å². The number of nitrogens with zero attached hydrogens (tertiary/aromatic N) is 2. The molecule has 2 aromatic rings. The SMILES string of the molecule is Cc1cc(C2(c3ccc(OC(F)F)c(C)c3)N=C(N)N(C)C2=O)ccc1OC(F)F. The van der Waals surface area contributed by atoms with Crippen molar-refractivity contribution in [3.63, 3.8) is 0 Å². The molecule has 1 heterocycles. The molecular formula is C20H19F4N3O3. The average Bonchev–Trinajstić information content (AvgIpc) is 2.89. The summed E-state index contributed by atoms with van der Waals surface area (Å²) in [6, 6.07) is 8.53. The van der Waals surface area contributed by atoms with Crippen molar-refractivity contribution < 1.29 is 31.8 Å². The highest BCUT2D eigenvalue weighted by molar-refractivity contribution is 6.09. The number of carbonyl (C=O) groups is 1. The van der Waals surface area contributed by atoms with E-state index in [2.05, 4.69) is 14.5 Å². The van der Waals surface area contributed by atoms with Gasteiger partial charge in [0.1, 0.15) is 11.5 Å². The summed E-state index contributed by atoms with van der Waals surface area (Å²) in [5, 5.41) is 0. The molecule has 0 radical (unpaired) electrons. The number of hydrogen-bond acceptors (Lipinski definition) is 5. The molecule has 0 aliphatic carbocycles.